The fourth-order valence-corrected chi connectivity index (χ4v) is 4.42. The zero-order valence-electron chi connectivity index (χ0n) is 13.7. The van der Waals surface area contributed by atoms with E-state index in [0.717, 1.165) is 51.0 Å². The molecule has 0 aliphatic carbocycles. The Morgan fingerprint density at radius 2 is 1.87 bits per heavy atom. The molecular weight excluding hydrogens is 288 g/mol. The summed E-state index contributed by atoms with van der Waals surface area (Å²) in [5, 5.41) is 3.45. The zero-order chi connectivity index (χ0) is 15.7. The number of hydrogen-bond donors (Lipinski definition) is 1. The second-order valence-electron chi connectivity index (χ2n) is 7.27. The molecule has 1 atom stereocenters. The Hall–Kier alpha value is -1.39. The van der Waals surface area contributed by atoms with E-state index < -0.39 is 0 Å². The lowest BCUT2D eigenvalue weighted by Gasteiger charge is -2.45. The van der Waals surface area contributed by atoms with Crippen LogP contribution in [-0.2, 0) is 16.0 Å². The van der Waals surface area contributed by atoms with Crippen LogP contribution in [0.15, 0.2) is 24.3 Å². The molecule has 2 saturated heterocycles. The number of amides is 1. The number of benzene rings is 1. The van der Waals surface area contributed by atoms with E-state index in [-0.39, 0.29) is 12.0 Å². The topological polar surface area (TPSA) is 41.6 Å². The summed E-state index contributed by atoms with van der Waals surface area (Å²) in [5.74, 6) is 0.168. The number of hydrogen-bond acceptors (Lipinski definition) is 3. The first kappa shape index (κ1) is 15.2. The molecule has 0 bridgehead atoms. The Balaban J connectivity index is 1.45. The van der Waals surface area contributed by atoms with Crippen molar-refractivity contribution in [1.29, 1.82) is 0 Å². The fraction of sp³-hybridized carbons (Fsp3) is 0.632. The summed E-state index contributed by atoms with van der Waals surface area (Å²) in [6.07, 6.45) is 5.34. The number of piperidine rings is 2. The highest BCUT2D eigenvalue weighted by atomic mass is 16.5. The SMILES string of the molecule is O=C(C1OCCc2ccccc21)N1CCC2(CCNCC2)CC1. The van der Waals surface area contributed by atoms with Gasteiger partial charge in [0.1, 0.15) is 0 Å². The first-order valence-corrected chi connectivity index (χ1v) is 8.96. The molecule has 4 heteroatoms. The van der Waals surface area contributed by atoms with E-state index >= 15 is 0 Å². The standard InChI is InChI=1S/C19H26N2O2/c22-18(17-16-4-2-1-3-15(16)5-14-23-17)21-12-8-19(9-13-21)6-10-20-11-7-19/h1-4,17,20H,5-14H2. The van der Waals surface area contributed by atoms with Gasteiger partial charge in [-0.05, 0) is 61.7 Å². The first-order chi connectivity index (χ1) is 11.3. The quantitative estimate of drug-likeness (QED) is 0.865. The Morgan fingerprint density at radius 1 is 1.13 bits per heavy atom. The van der Waals surface area contributed by atoms with Crippen LogP contribution >= 0.6 is 0 Å². The Morgan fingerprint density at radius 3 is 2.65 bits per heavy atom. The van der Waals surface area contributed by atoms with Crippen LogP contribution in [0.25, 0.3) is 0 Å². The number of nitrogens with one attached hydrogen (secondary N) is 1. The molecular formula is C19H26N2O2. The van der Waals surface area contributed by atoms with Crippen LogP contribution in [0.5, 0.6) is 0 Å². The van der Waals surface area contributed by atoms with Gasteiger partial charge in [-0.15, -0.1) is 0 Å². The third-order valence-electron chi connectivity index (χ3n) is 6.02. The van der Waals surface area contributed by atoms with Crippen LogP contribution in [0.4, 0.5) is 0 Å². The van der Waals surface area contributed by atoms with E-state index in [1.54, 1.807) is 0 Å². The van der Waals surface area contributed by atoms with Crippen LogP contribution in [-0.4, -0.2) is 43.6 Å². The largest absolute Gasteiger partial charge is 0.363 e. The van der Waals surface area contributed by atoms with E-state index in [1.165, 1.54) is 18.4 Å². The van der Waals surface area contributed by atoms with Crippen molar-refractivity contribution >= 4 is 5.91 Å². The van der Waals surface area contributed by atoms with Gasteiger partial charge in [0.05, 0.1) is 6.61 Å². The van der Waals surface area contributed by atoms with Gasteiger partial charge < -0.3 is 15.0 Å². The highest BCUT2D eigenvalue weighted by molar-refractivity contribution is 5.83. The smallest absolute Gasteiger partial charge is 0.256 e. The van der Waals surface area contributed by atoms with Crippen molar-refractivity contribution in [3.8, 4) is 0 Å². The monoisotopic (exact) mass is 314 g/mol. The average Bonchev–Trinajstić information content (AvgIpc) is 2.62. The van der Waals surface area contributed by atoms with Crippen LogP contribution in [0.1, 0.15) is 42.9 Å². The molecule has 1 aromatic rings. The minimum absolute atomic E-state index is 0.168. The number of fused-ring (bicyclic) bond motifs is 1. The molecule has 3 heterocycles. The zero-order valence-corrected chi connectivity index (χ0v) is 13.7. The number of likely N-dealkylation sites (tertiary alicyclic amines) is 1. The molecule has 2 fully saturated rings. The second kappa shape index (κ2) is 6.25. The van der Waals surface area contributed by atoms with E-state index in [4.69, 9.17) is 4.74 Å². The molecule has 1 N–H and O–H groups in total. The van der Waals surface area contributed by atoms with Crippen molar-refractivity contribution in [2.45, 2.75) is 38.2 Å². The maximum atomic E-state index is 13.0. The molecule has 0 radical (unpaired) electrons. The van der Waals surface area contributed by atoms with Gasteiger partial charge in [0.25, 0.3) is 5.91 Å². The van der Waals surface area contributed by atoms with Crippen molar-refractivity contribution in [1.82, 2.24) is 10.2 Å². The Bertz CT molecular complexity index is 570. The van der Waals surface area contributed by atoms with Gasteiger partial charge in [-0.25, -0.2) is 0 Å². The molecule has 124 valence electrons. The van der Waals surface area contributed by atoms with Crippen LogP contribution in [0.3, 0.4) is 0 Å². The third-order valence-corrected chi connectivity index (χ3v) is 6.02. The van der Waals surface area contributed by atoms with E-state index in [1.807, 2.05) is 17.0 Å². The van der Waals surface area contributed by atoms with Gasteiger partial charge in [-0.2, -0.15) is 0 Å². The minimum Gasteiger partial charge on any atom is -0.363 e. The summed E-state index contributed by atoms with van der Waals surface area (Å²) in [6.45, 7) is 4.69. The van der Waals surface area contributed by atoms with Crippen molar-refractivity contribution in [3.63, 3.8) is 0 Å². The summed E-state index contributed by atoms with van der Waals surface area (Å²) in [4.78, 5) is 15.0. The number of carbonyl (C=O) groups excluding carboxylic acids is 1. The van der Waals surface area contributed by atoms with Gasteiger partial charge >= 0.3 is 0 Å². The molecule has 1 unspecified atom stereocenters. The van der Waals surface area contributed by atoms with E-state index in [9.17, 15) is 4.79 Å². The second-order valence-corrected chi connectivity index (χ2v) is 7.27. The molecule has 3 aliphatic rings. The molecule has 0 saturated carbocycles. The Labute approximate surface area is 138 Å². The lowest BCUT2D eigenvalue weighted by Crippen LogP contribution is -2.48. The summed E-state index contributed by atoms with van der Waals surface area (Å²) < 4.78 is 5.86. The molecule has 1 spiro atoms. The van der Waals surface area contributed by atoms with Crippen molar-refractivity contribution in [3.05, 3.63) is 35.4 Å². The van der Waals surface area contributed by atoms with Gasteiger partial charge in [0, 0.05) is 13.1 Å². The summed E-state index contributed by atoms with van der Waals surface area (Å²) in [7, 11) is 0. The van der Waals surface area contributed by atoms with E-state index in [2.05, 4.69) is 17.4 Å². The van der Waals surface area contributed by atoms with Crippen molar-refractivity contribution in [2.75, 3.05) is 32.8 Å². The van der Waals surface area contributed by atoms with Gasteiger partial charge in [0.15, 0.2) is 6.10 Å². The molecule has 3 aliphatic heterocycles. The summed E-state index contributed by atoms with van der Waals surface area (Å²) >= 11 is 0. The third kappa shape index (κ3) is 2.90. The first-order valence-electron chi connectivity index (χ1n) is 8.96. The normalized spacial score (nSPS) is 26.8. The predicted octanol–water partition coefficient (Wildman–Crippen LogP) is 2.29. The molecule has 4 rings (SSSR count). The van der Waals surface area contributed by atoms with Crippen LogP contribution in [0, 0.1) is 5.41 Å². The number of rotatable bonds is 1. The molecule has 1 aromatic carbocycles. The number of nitrogens with zero attached hydrogens (tertiary/aromatic N) is 1. The lowest BCUT2D eigenvalue weighted by molar-refractivity contribution is -0.147. The average molecular weight is 314 g/mol. The highest BCUT2D eigenvalue weighted by Crippen LogP contribution is 2.40. The predicted molar refractivity (Wildman–Crippen MR) is 89.2 cm³/mol. The molecule has 1 amide bonds. The van der Waals surface area contributed by atoms with Gasteiger partial charge in [-0.1, -0.05) is 24.3 Å². The number of carbonyl (C=O) groups is 1. The summed E-state index contributed by atoms with van der Waals surface area (Å²) in [6, 6.07) is 8.23. The molecule has 0 aromatic heterocycles. The van der Waals surface area contributed by atoms with Crippen molar-refractivity contribution in [2.24, 2.45) is 5.41 Å². The molecule has 23 heavy (non-hydrogen) atoms. The van der Waals surface area contributed by atoms with Gasteiger partial charge in [0.2, 0.25) is 0 Å². The molecule has 4 nitrogen and oxygen atoms in total. The lowest BCUT2D eigenvalue weighted by atomic mass is 9.71. The van der Waals surface area contributed by atoms with Crippen LogP contribution < -0.4 is 5.32 Å². The maximum absolute atomic E-state index is 13.0. The minimum atomic E-state index is -0.387. The summed E-state index contributed by atoms with van der Waals surface area (Å²) in [5.41, 5.74) is 2.82. The number of ether oxygens (including phenoxy) is 1. The Kier molecular flexibility index (Phi) is 4.12. The van der Waals surface area contributed by atoms with Crippen molar-refractivity contribution < 1.29 is 9.53 Å². The van der Waals surface area contributed by atoms with Gasteiger partial charge in [-0.3, -0.25) is 4.79 Å². The highest BCUT2D eigenvalue weighted by Gasteiger charge is 2.39. The maximum Gasteiger partial charge on any atom is 0.256 e. The van der Waals surface area contributed by atoms with Crippen LogP contribution in [0.2, 0.25) is 0 Å². The van der Waals surface area contributed by atoms with E-state index in [0.29, 0.717) is 12.0 Å². The fourth-order valence-electron chi connectivity index (χ4n) is 4.42.